The van der Waals surface area contributed by atoms with Gasteiger partial charge in [0.25, 0.3) is 0 Å². The van der Waals surface area contributed by atoms with E-state index in [-0.39, 0.29) is 5.56 Å². The Kier molecular flexibility index (Phi) is 6.33. The highest BCUT2D eigenvalue weighted by atomic mass is 32.2. The van der Waals surface area contributed by atoms with Gasteiger partial charge in [0, 0.05) is 11.5 Å². The van der Waals surface area contributed by atoms with Crippen LogP contribution in [0.5, 0.6) is 0 Å². The number of benzene rings is 1. The van der Waals surface area contributed by atoms with Crippen molar-refractivity contribution in [1.82, 2.24) is 0 Å². The van der Waals surface area contributed by atoms with Crippen molar-refractivity contribution in [1.29, 1.82) is 5.26 Å². The molecule has 0 aliphatic carbocycles. The minimum Gasteiger partial charge on any atom is -0.465 e. The van der Waals surface area contributed by atoms with Crippen LogP contribution in [0.3, 0.4) is 0 Å². The summed E-state index contributed by atoms with van der Waals surface area (Å²) in [6, 6.07) is 5.37. The van der Waals surface area contributed by atoms with Crippen molar-refractivity contribution in [2.24, 2.45) is 5.73 Å². The van der Waals surface area contributed by atoms with E-state index in [2.05, 4.69) is 0 Å². The van der Waals surface area contributed by atoms with Crippen LogP contribution in [-0.4, -0.2) is 24.4 Å². The molecular formula is C13H15FN2O2S. The second kappa shape index (κ2) is 7.77. The maximum absolute atomic E-state index is 13.2. The second-order valence-electron chi connectivity index (χ2n) is 3.83. The zero-order valence-corrected chi connectivity index (χ0v) is 11.4. The number of esters is 1. The average Bonchev–Trinajstić information content (AvgIpc) is 2.38. The summed E-state index contributed by atoms with van der Waals surface area (Å²) < 4.78 is 18.0. The third-order valence-corrected chi connectivity index (χ3v) is 3.37. The number of carbonyl (C=O) groups excluding carboxylic acids is 1. The smallest absolute Gasteiger partial charge is 0.323 e. The van der Waals surface area contributed by atoms with Crippen molar-refractivity contribution in [2.75, 3.05) is 12.4 Å². The Morgan fingerprint density at radius 3 is 2.95 bits per heavy atom. The summed E-state index contributed by atoms with van der Waals surface area (Å²) in [5.74, 6) is -0.00662. The zero-order chi connectivity index (χ0) is 14.3. The lowest BCUT2D eigenvalue weighted by Crippen LogP contribution is -2.34. The van der Waals surface area contributed by atoms with Crippen LogP contribution in [0.2, 0.25) is 0 Å². The summed E-state index contributed by atoms with van der Waals surface area (Å²) in [6.45, 7) is 2.01. The van der Waals surface area contributed by atoms with Crippen molar-refractivity contribution in [2.45, 2.75) is 18.7 Å². The fraction of sp³-hybridized carbons (Fsp3) is 0.385. The van der Waals surface area contributed by atoms with Gasteiger partial charge in [-0.25, -0.2) is 4.39 Å². The molecule has 0 fully saturated rings. The minimum atomic E-state index is -0.686. The monoisotopic (exact) mass is 282 g/mol. The first-order valence-corrected chi connectivity index (χ1v) is 6.91. The summed E-state index contributed by atoms with van der Waals surface area (Å²) in [4.78, 5) is 11.3. The molecule has 1 rings (SSSR count). The molecule has 0 aliphatic heterocycles. The molecule has 0 amide bonds. The summed E-state index contributed by atoms with van der Waals surface area (Å²) in [6.07, 6.45) is 0. The maximum atomic E-state index is 13.2. The zero-order valence-electron chi connectivity index (χ0n) is 10.6. The number of carbonyl (C=O) groups is 1. The van der Waals surface area contributed by atoms with E-state index < -0.39 is 17.8 Å². The largest absolute Gasteiger partial charge is 0.465 e. The van der Waals surface area contributed by atoms with E-state index in [1.165, 1.54) is 23.9 Å². The number of rotatable bonds is 6. The fourth-order valence-electron chi connectivity index (χ4n) is 1.42. The molecule has 0 saturated carbocycles. The van der Waals surface area contributed by atoms with Crippen molar-refractivity contribution in [3.63, 3.8) is 0 Å². The SMILES string of the molecule is CCOC(=O)C(N)CSCc1cc(F)cc(C#N)c1. The minimum absolute atomic E-state index is 0.283. The third-order valence-electron chi connectivity index (χ3n) is 2.24. The van der Waals surface area contributed by atoms with Gasteiger partial charge in [-0.3, -0.25) is 4.79 Å². The van der Waals surface area contributed by atoms with Crippen LogP contribution in [0.25, 0.3) is 0 Å². The van der Waals surface area contributed by atoms with Gasteiger partial charge in [0.15, 0.2) is 0 Å². The molecule has 2 N–H and O–H groups in total. The Hall–Kier alpha value is -1.58. The second-order valence-corrected chi connectivity index (χ2v) is 4.86. The predicted octanol–water partition coefficient (Wildman–Crippen LogP) is 1.82. The quantitative estimate of drug-likeness (QED) is 0.805. The molecule has 0 bridgehead atoms. The molecule has 102 valence electrons. The molecule has 0 heterocycles. The van der Waals surface area contributed by atoms with Crippen LogP contribution in [0, 0.1) is 17.1 Å². The Labute approximate surface area is 115 Å². The van der Waals surface area contributed by atoms with E-state index in [1.54, 1.807) is 13.0 Å². The normalized spacial score (nSPS) is 11.7. The van der Waals surface area contributed by atoms with E-state index in [9.17, 15) is 9.18 Å². The van der Waals surface area contributed by atoms with Gasteiger partial charge < -0.3 is 10.5 Å². The first-order valence-electron chi connectivity index (χ1n) is 5.76. The van der Waals surface area contributed by atoms with E-state index in [1.807, 2.05) is 6.07 Å². The number of nitrogens with two attached hydrogens (primary N) is 1. The van der Waals surface area contributed by atoms with Gasteiger partial charge in [0.05, 0.1) is 18.2 Å². The summed E-state index contributed by atoms with van der Waals surface area (Å²) >= 11 is 1.39. The molecule has 1 unspecified atom stereocenters. The van der Waals surface area contributed by atoms with E-state index >= 15 is 0 Å². The number of thioether (sulfide) groups is 1. The molecule has 0 aromatic heterocycles. The molecule has 1 aromatic carbocycles. The summed E-state index contributed by atoms with van der Waals surface area (Å²) in [5, 5.41) is 8.73. The molecule has 0 radical (unpaired) electrons. The number of nitrogens with zero attached hydrogens (tertiary/aromatic N) is 1. The number of ether oxygens (including phenoxy) is 1. The molecule has 4 nitrogen and oxygen atoms in total. The van der Waals surface area contributed by atoms with Crippen LogP contribution < -0.4 is 5.73 Å². The van der Waals surface area contributed by atoms with Gasteiger partial charge in [-0.1, -0.05) is 0 Å². The van der Waals surface area contributed by atoms with Gasteiger partial charge in [0.1, 0.15) is 11.9 Å². The Morgan fingerprint density at radius 1 is 1.58 bits per heavy atom. The Balaban J connectivity index is 2.47. The third kappa shape index (κ3) is 5.28. The summed E-state index contributed by atoms with van der Waals surface area (Å²) in [5.41, 5.74) is 6.61. The standard InChI is InChI=1S/C13H15FN2O2S/c1-2-18-13(17)12(16)8-19-7-10-3-9(6-15)4-11(14)5-10/h3-5,12H,2,7-8,16H2,1H3. The van der Waals surface area contributed by atoms with Crippen molar-refractivity contribution < 1.29 is 13.9 Å². The predicted molar refractivity (Wildman–Crippen MR) is 71.9 cm³/mol. The van der Waals surface area contributed by atoms with Crippen LogP contribution in [-0.2, 0) is 15.3 Å². The topological polar surface area (TPSA) is 76.1 Å². The van der Waals surface area contributed by atoms with Gasteiger partial charge in [0.2, 0.25) is 0 Å². The highest BCUT2D eigenvalue weighted by Crippen LogP contribution is 2.16. The van der Waals surface area contributed by atoms with Gasteiger partial charge in [-0.05, 0) is 30.7 Å². The van der Waals surface area contributed by atoms with Crippen LogP contribution in [0.15, 0.2) is 18.2 Å². The van der Waals surface area contributed by atoms with Crippen LogP contribution >= 0.6 is 11.8 Å². The summed E-state index contributed by atoms with van der Waals surface area (Å²) in [7, 11) is 0. The van der Waals surface area contributed by atoms with Crippen LogP contribution in [0.1, 0.15) is 18.1 Å². The van der Waals surface area contributed by atoms with E-state index in [4.69, 9.17) is 15.7 Å². The lowest BCUT2D eigenvalue weighted by atomic mass is 10.1. The van der Waals surface area contributed by atoms with Crippen LogP contribution in [0.4, 0.5) is 4.39 Å². The first-order chi connectivity index (χ1) is 9.06. The molecule has 1 atom stereocenters. The highest BCUT2D eigenvalue weighted by molar-refractivity contribution is 7.98. The van der Waals surface area contributed by atoms with Gasteiger partial charge in [-0.2, -0.15) is 17.0 Å². The Morgan fingerprint density at radius 2 is 2.32 bits per heavy atom. The lowest BCUT2D eigenvalue weighted by Gasteiger charge is -2.10. The molecule has 19 heavy (non-hydrogen) atoms. The molecule has 1 aromatic rings. The number of hydrogen-bond donors (Lipinski definition) is 1. The molecule has 0 spiro atoms. The van der Waals surface area contributed by atoms with E-state index in [0.717, 1.165) is 0 Å². The number of nitriles is 1. The van der Waals surface area contributed by atoms with Gasteiger partial charge >= 0.3 is 5.97 Å². The average molecular weight is 282 g/mol. The Bertz CT molecular complexity index is 488. The lowest BCUT2D eigenvalue weighted by molar-refractivity contribution is -0.144. The molecule has 6 heteroatoms. The molecule has 0 saturated heterocycles. The van der Waals surface area contributed by atoms with E-state index in [0.29, 0.717) is 23.7 Å². The van der Waals surface area contributed by atoms with Crippen molar-refractivity contribution in [3.8, 4) is 6.07 Å². The molecule has 0 aliphatic rings. The highest BCUT2D eigenvalue weighted by Gasteiger charge is 2.14. The number of hydrogen-bond acceptors (Lipinski definition) is 5. The van der Waals surface area contributed by atoms with Crippen molar-refractivity contribution >= 4 is 17.7 Å². The van der Waals surface area contributed by atoms with Crippen molar-refractivity contribution in [3.05, 3.63) is 35.1 Å². The number of halogens is 1. The van der Waals surface area contributed by atoms with Gasteiger partial charge in [-0.15, -0.1) is 0 Å². The molecular weight excluding hydrogens is 267 g/mol. The fourth-order valence-corrected chi connectivity index (χ4v) is 2.33. The first kappa shape index (κ1) is 15.5. The maximum Gasteiger partial charge on any atom is 0.323 e.